The first-order valence-corrected chi connectivity index (χ1v) is 8.06. The monoisotopic (exact) mass is 312 g/mol. The third-order valence-electron chi connectivity index (χ3n) is 3.29. The maximum absolute atomic E-state index is 12.2. The summed E-state index contributed by atoms with van der Waals surface area (Å²) in [4.78, 5) is 19.1. The summed E-state index contributed by atoms with van der Waals surface area (Å²) in [7, 11) is 0. The first-order valence-electron chi connectivity index (χ1n) is 7.24. The third-order valence-corrected chi connectivity index (χ3v) is 4.42. The molecule has 1 fully saturated rings. The van der Waals surface area contributed by atoms with Crippen LogP contribution in [-0.2, 0) is 4.74 Å². The van der Waals surface area contributed by atoms with E-state index in [1.807, 2.05) is 0 Å². The first kappa shape index (κ1) is 16.0. The predicted molar refractivity (Wildman–Crippen MR) is 86.0 cm³/mol. The van der Waals surface area contributed by atoms with Gasteiger partial charge in [-0.3, -0.25) is 4.79 Å². The average molecular weight is 312 g/mol. The highest BCUT2D eigenvalue weighted by Crippen LogP contribution is 2.28. The van der Waals surface area contributed by atoms with Crippen LogP contribution in [0.25, 0.3) is 0 Å². The number of hydrogen-bond acceptors (Lipinski definition) is 6. The van der Waals surface area contributed by atoms with Crippen molar-refractivity contribution < 1.29 is 9.53 Å². The molecular weight excluding hydrogens is 288 g/mol. The second kappa shape index (κ2) is 6.62. The van der Waals surface area contributed by atoms with Crippen molar-refractivity contribution in [3.05, 3.63) is 4.88 Å². The molecule has 3 N–H and O–H groups in total. The fourth-order valence-corrected chi connectivity index (χ4v) is 2.96. The molecule has 0 aromatic carbocycles. The number of anilines is 2. The van der Waals surface area contributed by atoms with Crippen molar-refractivity contribution in [2.24, 2.45) is 5.41 Å². The molecule has 0 bridgehead atoms. The quantitative estimate of drug-likeness (QED) is 0.885. The van der Waals surface area contributed by atoms with Gasteiger partial charge in [-0.25, -0.2) is 4.98 Å². The lowest BCUT2D eigenvalue weighted by Crippen LogP contribution is -2.36. The number of aromatic nitrogens is 1. The van der Waals surface area contributed by atoms with Gasteiger partial charge in [-0.1, -0.05) is 32.1 Å². The van der Waals surface area contributed by atoms with Gasteiger partial charge >= 0.3 is 0 Å². The average Bonchev–Trinajstić information content (AvgIpc) is 2.80. The van der Waals surface area contributed by atoms with Crippen molar-refractivity contribution in [2.75, 3.05) is 43.5 Å². The number of thiazole rings is 1. The van der Waals surface area contributed by atoms with E-state index >= 15 is 0 Å². The number of morpholine rings is 1. The Kier molecular flexibility index (Phi) is 5.05. The Balaban J connectivity index is 1.96. The maximum Gasteiger partial charge on any atom is 0.265 e. The van der Waals surface area contributed by atoms with Crippen molar-refractivity contribution in [3.8, 4) is 0 Å². The van der Waals surface area contributed by atoms with Crippen molar-refractivity contribution >= 4 is 28.2 Å². The van der Waals surface area contributed by atoms with Crippen LogP contribution in [0.3, 0.4) is 0 Å². The highest BCUT2D eigenvalue weighted by Gasteiger charge is 2.21. The fourth-order valence-electron chi connectivity index (χ4n) is 2.00. The number of nitrogens with two attached hydrogens (primary N) is 1. The van der Waals surface area contributed by atoms with Crippen LogP contribution >= 0.6 is 11.3 Å². The van der Waals surface area contributed by atoms with Crippen LogP contribution in [0.2, 0.25) is 0 Å². The van der Waals surface area contributed by atoms with Crippen LogP contribution in [0.5, 0.6) is 0 Å². The molecular formula is C14H24N4O2S. The number of rotatable bonds is 4. The number of nitrogens with zero attached hydrogens (tertiary/aromatic N) is 2. The van der Waals surface area contributed by atoms with Gasteiger partial charge in [0.05, 0.1) is 13.2 Å². The molecule has 1 amide bonds. The molecule has 2 rings (SSSR count). The van der Waals surface area contributed by atoms with Crippen LogP contribution in [0.1, 0.15) is 36.9 Å². The van der Waals surface area contributed by atoms with Crippen molar-refractivity contribution in [1.82, 2.24) is 10.3 Å². The minimum absolute atomic E-state index is 0.131. The SMILES string of the molecule is CC(C)(C)CCNC(=O)c1sc(N2CCOCC2)nc1N. The number of nitrogens with one attached hydrogen (secondary N) is 1. The lowest BCUT2D eigenvalue weighted by atomic mass is 9.92. The highest BCUT2D eigenvalue weighted by atomic mass is 32.1. The van der Waals surface area contributed by atoms with Crippen molar-refractivity contribution in [3.63, 3.8) is 0 Å². The van der Waals surface area contributed by atoms with Crippen LogP contribution in [0.15, 0.2) is 0 Å². The zero-order chi connectivity index (χ0) is 15.5. The smallest absolute Gasteiger partial charge is 0.265 e. The fraction of sp³-hybridized carbons (Fsp3) is 0.714. The molecule has 1 aromatic heterocycles. The highest BCUT2D eigenvalue weighted by molar-refractivity contribution is 7.18. The summed E-state index contributed by atoms with van der Waals surface area (Å²) < 4.78 is 5.32. The van der Waals surface area contributed by atoms with Gasteiger partial charge in [0.25, 0.3) is 5.91 Å². The van der Waals surface area contributed by atoms with E-state index in [2.05, 4.69) is 36.0 Å². The lowest BCUT2D eigenvalue weighted by molar-refractivity contribution is 0.0954. The zero-order valence-corrected chi connectivity index (χ0v) is 13.8. The number of nitrogen functional groups attached to an aromatic ring is 1. The Morgan fingerprint density at radius 1 is 1.43 bits per heavy atom. The number of ether oxygens (including phenoxy) is 1. The lowest BCUT2D eigenvalue weighted by Gasteiger charge is -2.25. The molecule has 1 aliphatic heterocycles. The summed E-state index contributed by atoms with van der Waals surface area (Å²) in [5.74, 6) is 0.184. The Hall–Kier alpha value is -1.34. The Bertz CT molecular complexity index is 490. The number of carbonyl (C=O) groups is 1. The second-order valence-corrected chi connectivity index (χ2v) is 7.35. The summed E-state index contributed by atoms with van der Waals surface area (Å²) in [6, 6.07) is 0. The maximum atomic E-state index is 12.2. The minimum Gasteiger partial charge on any atom is -0.382 e. The van der Waals surface area contributed by atoms with Gasteiger partial charge in [0.2, 0.25) is 0 Å². The number of amides is 1. The van der Waals surface area contributed by atoms with Gasteiger partial charge in [-0.2, -0.15) is 0 Å². The molecule has 21 heavy (non-hydrogen) atoms. The van der Waals surface area contributed by atoms with E-state index in [0.717, 1.165) is 24.6 Å². The van der Waals surface area contributed by atoms with E-state index in [1.165, 1.54) is 11.3 Å². The molecule has 0 atom stereocenters. The molecule has 0 radical (unpaired) electrons. The van der Waals surface area contributed by atoms with E-state index in [0.29, 0.717) is 30.5 Å². The molecule has 7 heteroatoms. The molecule has 118 valence electrons. The molecule has 0 aliphatic carbocycles. The van der Waals surface area contributed by atoms with Crippen LogP contribution in [0.4, 0.5) is 10.9 Å². The summed E-state index contributed by atoms with van der Waals surface area (Å²) in [6.07, 6.45) is 0.924. The van der Waals surface area contributed by atoms with Crippen LogP contribution in [0, 0.1) is 5.41 Å². The van der Waals surface area contributed by atoms with Crippen LogP contribution < -0.4 is 16.0 Å². The molecule has 0 saturated carbocycles. The van der Waals surface area contributed by atoms with Gasteiger partial charge in [0.15, 0.2) is 5.13 Å². The Labute approximate surface area is 129 Å². The Morgan fingerprint density at radius 2 is 2.10 bits per heavy atom. The minimum atomic E-state index is -0.131. The standard InChI is InChI=1S/C14H24N4O2S/c1-14(2,3)4-5-16-12(19)10-11(15)17-13(21-10)18-6-8-20-9-7-18/h4-9,15H2,1-3H3,(H,16,19). The first-order chi connectivity index (χ1) is 9.87. The summed E-state index contributed by atoms with van der Waals surface area (Å²) in [5, 5.41) is 3.72. The largest absolute Gasteiger partial charge is 0.382 e. The van der Waals surface area contributed by atoms with E-state index in [-0.39, 0.29) is 11.3 Å². The zero-order valence-electron chi connectivity index (χ0n) is 12.9. The molecule has 1 saturated heterocycles. The molecule has 0 spiro atoms. The second-order valence-electron chi connectivity index (χ2n) is 6.38. The topological polar surface area (TPSA) is 80.5 Å². The molecule has 1 aliphatic rings. The van der Waals surface area contributed by atoms with Gasteiger partial charge in [-0.15, -0.1) is 0 Å². The number of carbonyl (C=O) groups excluding carboxylic acids is 1. The summed E-state index contributed by atoms with van der Waals surface area (Å²) >= 11 is 1.35. The predicted octanol–water partition coefficient (Wildman–Crippen LogP) is 1.73. The normalized spacial score (nSPS) is 16.0. The van der Waals surface area contributed by atoms with E-state index in [1.54, 1.807) is 0 Å². The van der Waals surface area contributed by atoms with E-state index in [9.17, 15) is 4.79 Å². The van der Waals surface area contributed by atoms with Crippen molar-refractivity contribution in [2.45, 2.75) is 27.2 Å². The van der Waals surface area contributed by atoms with Crippen LogP contribution in [-0.4, -0.2) is 43.7 Å². The molecule has 1 aromatic rings. The Morgan fingerprint density at radius 3 is 2.71 bits per heavy atom. The molecule has 6 nitrogen and oxygen atoms in total. The van der Waals surface area contributed by atoms with Gasteiger partial charge in [0.1, 0.15) is 10.7 Å². The summed E-state index contributed by atoms with van der Waals surface area (Å²) in [5.41, 5.74) is 6.09. The van der Waals surface area contributed by atoms with Gasteiger partial charge < -0.3 is 20.7 Å². The van der Waals surface area contributed by atoms with E-state index < -0.39 is 0 Å². The molecule has 0 unspecified atom stereocenters. The van der Waals surface area contributed by atoms with E-state index in [4.69, 9.17) is 10.5 Å². The molecule has 2 heterocycles. The number of hydrogen-bond donors (Lipinski definition) is 2. The third kappa shape index (κ3) is 4.57. The summed E-state index contributed by atoms with van der Waals surface area (Å²) in [6.45, 7) is 10.0. The van der Waals surface area contributed by atoms with Gasteiger partial charge in [-0.05, 0) is 11.8 Å². The van der Waals surface area contributed by atoms with Crippen molar-refractivity contribution in [1.29, 1.82) is 0 Å². The van der Waals surface area contributed by atoms with Gasteiger partial charge in [0, 0.05) is 19.6 Å².